The number of carbonyl (C=O) groups excluding carboxylic acids is 1. The molecule has 5 nitrogen and oxygen atoms in total. The summed E-state index contributed by atoms with van der Waals surface area (Å²) in [5, 5.41) is 10.5. The van der Waals surface area contributed by atoms with Gasteiger partial charge in [-0.2, -0.15) is 5.10 Å². The van der Waals surface area contributed by atoms with Crippen molar-refractivity contribution in [3.63, 3.8) is 0 Å². The lowest BCUT2D eigenvalue weighted by Crippen LogP contribution is -2.38. The SMILES string of the molecule is CCN[C@H](C)CNC(=O)c1cnn(-c2cccc(Br)c2)c1C.Cl. The molecule has 0 unspecified atom stereocenters. The van der Waals surface area contributed by atoms with Gasteiger partial charge in [0.25, 0.3) is 5.91 Å². The molecule has 1 heterocycles. The highest BCUT2D eigenvalue weighted by Gasteiger charge is 2.15. The number of likely N-dealkylation sites (N-methyl/N-ethyl adjacent to an activating group) is 1. The van der Waals surface area contributed by atoms with Crippen LogP contribution in [0.5, 0.6) is 0 Å². The fourth-order valence-electron chi connectivity index (χ4n) is 2.26. The van der Waals surface area contributed by atoms with Crippen LogP contribution in [0.15, 0.2) is 34.9 Å². The molecule has 0 radical (unpaired) electrons. The van der Waals surface area contributed by atoms with Gasteiger partial charge >= 0.3 is 0 Å². The van der Waals surface area contributed by atoms with E-state index in [1.54, 1.807) is 10.9 Å². The molecule has 0 aliphatic carbocycles. The highest BCUT2D eigenvalue weighted by Crippen LogP contribution is 2.18. The molecule has 1 amide bonds. The van der Waals surface area contributed by atoms with E-state index in [0.29, 0.717) is 12.1 Å². The Morgan fingerprint density at radius 1 is 1.43 bits per heavy atom. The van der Waals surface area contributed by atoms with Gasteiger partial charge in [0, 0.05) is 17.1 Å². The van der Waals surface area contributed by atoms with Crippen molar-refractivity contribution in [2.75, 3.05) is 13.1 Å². The number of benzene rings is 1. The fraction of sp³-hybridized carbons (Fsp3) is 0.375. The van der Waals surface area contributed by atoms with Crippen molar-refractivity contribution in [2.45, 2.75) is 26.8 Å². The molecular formula is C16H22BrClN4O. The molecule has 0 aliphatic heterocycles. The lowest BCUT2D eigenvalue weighted by atomic mass is 10.2. The first-order chi connectivity index (χ1) is 10.5. The van der Waals surface area contributed by atoms with Crippen molar-refractivity contribution in [1.29, 1.82) is 0 Å². The first kappa shape index (κ1) is 19.7. The van der Waals surface area contributed by atoms with E-state index in [2.05, 4.69) is 31.7 Å². The van der Waals surface area contributed by atoms with Crippen LogP contribution in [0.3, 0.4) is 0 Å². The maximum absolute atomic E-state index is 12.3. The molecule has 1 aromatic heterocycles. The van der Waals surface area contributed by atoms with Crippen LogP contribution >= 0.6 is 28.3 Å². The number of rotatable bonds is 6. The van der Waals surface area contributed by atoms with Crippen molar-refractivity contribution >= 4 is 34.2 Å². The monoisotopic (exact) mass is 400 g/mol. The van der Waals surface area contributed by atoms with Crippen molar-refractivity contribution in [3.05, 3.63) is 46.2 Å². The molecule has 7 heteroatoms. The van der Waals surface area contributed by atoms with Gasteiger partial charge in [-0.25, -0.2) is 4.68 Å². The van der Waals surface area contributed by atoms with E-state index in [-0.39, 0.29) is 24.4 Å². The molecule has 0 bridgehead atoms. The number of carbonyl (C=O) groups is 1. The molecule has 0 saturated carbocycles. The predicted octanol–water partition coefficient (Wildman–Crippen LogP) is 3.09. The third-order valence-electron chi connectivity index (χ3n) is 3.43. The standard InChI is InChI=1S/C16H21BrN4O.ClH/c1-4-18-11(2)9-19-16(22)15-10-20-21(12(15)3)14-7-5-6-13(17)8-14;/h5-8,10-11,18H,4,9H2,1-3H3,(H,19,22);1H/t11-;/m1./s1. The number of amides is 1. The lowest BCUT2D eigenvalue weighted by Gasteiger charge is -2.13. The zero-order valence-corrected chi connectivity index (χ0v) is 15.9. The fourth-order valence-corrected chi connectivity index (χ4v) is 2.65. The Hall–Kier alpha value is -1.37. The Balaban J connectivity index is 0.00000264. The average Bonchev–Trinajstić information content (AvgIpc) is 2.87. The molecule has 2 N–H and O–H groups in total. The summed E-state index contributed by atoms with van der Waals surface area (Å²) in [7, 11) is 0. The van der Waals surface area contributed by atoms with Crippen LogP contribution in [-0.4, -0.2) is 34.8 Å². The Kier molecular flexibility index (Phi) is 7.75. The van der Waals surface area contributed by atoms with Gasteiger partial charge in [-0.1, -0.05) is 28.9 Å². The second kappa shape index (κ2) is 9.05. The van der Waals surface area contributed by atoms with Gasteiger partial charge in [0.05, 0.1) is 23.1 Å². The van der Waals surface area contributed by atoms with E-state index in [0.717, 1.165) is 22.4 Å². The minimum Gasteiger partial charge on any atom is -0.350 e. The Bertz CT molecular complexity index is 659. The van der Waals surface area contributed by atoms with Crippen LogP contribution in [0, 0.1) is 6.92 Å². The van der Waals surface area contributed by atoms with Crippen LogP contribution in [0.25, 0.3) is 5.69 Å². The third-order valence-corrected chi connectivity index (χ3v) is 3.92. The zero-order chi connectivity index (χ0) is 16.1. The van der Waals surface area contributed by atoms with E-state index in [9.17, 15) is 4.79 Å². The number of nitrogens with zero attached hydrogens (tertiary/aromatic N) is 2. The van der Waals surface area contributed by atoms with E-state index < -0.39 is 0 Å². The predicted molar refractivity (Wildman–Crippen MR) is 98.7 cm³/mol. The molecule has 126 valence electrons. The summed E-state index contributed by atoms with van der Waals surface area (Å²) in [4.78, 5) is 12.3. The maximum atomic E-state index is 12.3. The largest absolute Gasteiger partial charge is 0.350 e. The van der Waals surface area contributed by atoms with Crippen LogP contribution in [0.2, 0.25) is 0 Å². The topological polar surface area (TPSA) is 58.9 Å². The molecular weight excluding hydrogens is 380 g/mol. The molecule has 2 rings (SSSR count). The van der Waals surface area contributed by atoms with Crippen LogP contribution in [0.4, 0.5) is 0 Å². The summed E-state index contributed by atoms with van der Waals surface area (Å²) in [5.41, 5.74) is 2.35. The van der Waals surface area contributed by atoms with Crippen LogP contribution in [0.1, 0.15) is 29.9 Å². The summed E-state index contributed by atoms with van der Waals surface area (Å²) >= 11 is 3.45. The number of aromatic nitrogens is 2. The summed E-state index contributed by atoms with van der Waals surface area (Å²) < 4.78 is 2.75. The normalized spacial score (nSPS) is 11.7. The van der Waals surface area contributed by atoms with E-state index in [1.807, 2.05) is 45.0 Å². The molecule has 23 heavy (non-hydrogen) atoms. The number of nitrogens with one attached hydrogen (secondary N) is 2. The smallest absolute Gasteiger partial charge is 0.254 e. The van der Waals surface area contributed by atoms with Gasteiger partial charge in [0.2, 0.25) is 0 Å². The van der Waals surface area contributed by atoms with Crippen LogP contribution in [-0.2, 0) is 0 Å². The second-order valence-corrected chi connectivity index (χ2v) is 6.12. The van der Waals surface area contributed by atoms with E-state index in [4.69, 9.17) is 0 Å². The van der Waals surface area contributed by atoms with Crippen molar-refractivity contribution in [2.24, 2.45) is 0 Å². The molecule has 1 atom stereocenters. The average molecular weight is 402 g/mol. The van der Waals surface area contributed by atoms with Gasteiger partial charge in [-0.3, -0.25) is 4.79 Å². The maximum Gasteiger partial charge on any atom is 0.254 e. The highest BCUT2D eigenvalue weighted by atomic mass is 79.9. The van der Waals surface area contributed by atoms with Gasteiger partial charge in [0.1, 0.15) is 0 Å². The molecule has 0 aliphatic rings. The lowest BCUT2D eigenvalue weighted by molar-refractivity contribution is 0.0949. The van der Waals surface area contributed by atoms with Gasteiger partial charge in [-0.05, 0) is 38.6 Å². The first-order valence-corrected chi connectivity index (χ1v) is 8.14. The number of hydrogen-bond donors (Lipinski definition) is 2. The Morgan fingerprint density at radius 2 is 2.17 bits per heavy atom. The second-order valence-electron chi connectivity index (χ2n) is 5.20. The quantitative estimate of drug-likeness (QED) is 0.782. The zero-order valence-electron chi connectivity index (χ0n) is 13.5. The molecule has 0 spiro atoms. The van der Waals surface area contributed by atoms with Crippen molar-refractivity contribution < 1.29 is 4.79 Å². The third kappa shape index (κ3) is 5.06. The summed E-state index contributed by atoms with van der Waals surface area (Å²) in [5.74, 6) is -0.0940. The first-order valence-electron chi connectivity index (χ1n) is 7.35. The van der Waals surface area contributed by atoms with Gasteiger partial charge in [-0.15, -0.1) is 12.4 Å². The summed E-state index contributed by atoms with van der Waals surface area (Å²) in [6.45, 7) is 7.47. The van der Waals surface area contributed by atoms with Crippen LogP contribution < -0.4 is 10.6 Å². The molecule has 0 fully saturated rings. The minimum atomic E-state index is -0.0940. The van der Waals surface area contributed by atoms with Gasteiger partial charge < -0.3 is 10.6 Å². The van der Waals surface area contributed by atoms with Crippen molar-refractivity contribution in [3.8, 4) is 5.69 Å². The Morgan fingerprint density at radius 3 is 2.83 bits per heavy atom. The molecule has 0 saturated heterocycles. The summed E-state index contributed by atoms with van der Waals surface area (Å²) in [6.07, 6.45) is 1.61. The van der Waals surface area contributed by atoms with Gasteiger partial charge in [0.15, 0.2) is 0 Å². The van der Waals surface area contributed by atoms with Crippen molar-refractivity contribution in [1.82, 2.24) is 20.4 Å². The number of hydrogen-bond acceptors (Lipinski definition) is 3. The summed E-state index contributed by atoms with van der Waals surface area (Å²) in [6, 6.07) is 8.07. The van der Waals surface area contributed by atoms with E-state index in [1.165, 1.54) is 0 Å². The molecule has 2 aromatic rings. The number of halogens is 2. The van der Waals surface area contributed by atoms with E-state index >= 15 is 0 Å². The molecule has 1 aromatic carbocycles. The Labute approximate surface area is 151 Å². The minimum absolute atomic E-state index is 0. The highest BCUT2D eigenvalue weighted by molar-refractivity contribution is 9.10.